The molecule has 1 unspecified atom stereocenters. The van der Waals surface area contributed by atoms with E-state index < -0.39 is 6.17 Å². The van der Waals surface area contributed by atoms with Gasteiger partial charge in [0.25, 0.3) is 0 Å². The highest BCUT2D eigenvalue weighted by Crippen LogP contribution is 2.19. The van der Waals surface area contributed by atoms with E-state index in [4.69, 9.17) is 23.8 Å². The van der Waals surface area contributed by atoms with Gasteiger partial charge in [-0.15, -0.1) is 0 Å². The second-order valence-corrected chi connectivity index (χ2v) is 5.98. The van der Waals surface area contributed by atoms with E-state index in [1.165, 1.54) is 6.20 Å². The van der Waals surface area contributed by atoms with Crippen LogP contribution in [0.2, 0.25) is 5.02 Å². The van der Waals surface area contributed by atoms with Crippen LogP contribution in [-0.4, -0.2) is 16.6 Å². The second-order valence-electron chi connectivity index (χ2n) is 4.22. The molecule has 0 spiro atoms. The highest BCUT2D eigenvalue weighted by atomic mass is 79.9. The summed E-state index contributed by atoms with van der Waals surface area (Å²) < 4.78 is 14.9. The largest absolute Gasteiger partial charge is 0.359 e. The molecule has 1 aromatic carbocycles. The van der Waals surface area contributed by atoms with Crippen molar-refractivity contribution in [1.29, 1.82) is 0 Å². The lowest BCUT2D eigenvalue weighted by atomic mass is 10.1. The van der Waals surface area contributed by atoms with Crippen LogP contribution in [-0.2, 0) is 0 Å². The zero-order valence-corrected chi connectivity index (χ0v) is 14.0. The number of pyridine rings is 1. The van der Waals surface area contributed by atoms with Crippen LogP contribution in [0, 0.1) is 0 Å². The molecule has 1 heterocycles. The fourth-order valence-corrected chi connectivity index (χ4v) is 2.15. The molecule has 0 aliphatic rings. The normalized spacial score (nSPS) is 11.8. The number of halogens is 3. The number of nitrogens with one attached hydrogen (secondary N) is 2. The maximum Gasteiger partial charge on any atom is 0.172 e. The molecule has 7 heteroatoms. The van der Waals surface area contributed by atoms with Gasteiger partial charge in [0.15, 0.2) is 5.11 Å². The van der Waals surface area contributed by atoms with E-state index in [1.807, 2.05) is 0 Å². The second kappa shape index (κ2) is 7.68. The first-order valence-corrected chi connectivity index (χ1v) is 7.68. The molecule has 2 rings (SSSR count). The Hall–Kier alpha value is -1.24. The molecule has 0 bridgehead atoms. The third-order valence-electron chi connectivity index (χ3n) is 2.64. The molecule has 0 radical (unpaired) electrons. The highest BCUT2D eigenvalue weighted by molar-refractivity contribution is 9.10. The van der Waals surface area contributed by atoms with Gasteiger partial charge in [0, 0.05) is 10.7 Å². The van der Waals surface area contributed by atoms with Gasteiger partial charge >= 0.3 is 0 Å². The van der Waals surface area contributed by atoms with E-state index >= 15 is 0 Å². The standard InChI is InChI=1S/C14H12BrClFN3S/c15-10-3-1-9(2-4-10)12(17)8-19-14(21)20-13-6-5-11(16)7-18-13/h1-7,12H,8H2,(H2,18,19,20,21). The third kappa shape index (κ3) is 5.22. The van der Waals surface area contributed by atoms with E-state index in [2.05, 4.69) is 31.5 Å². The van der Waals surface area contributed by atoms with Crippen LogP contribution >= 0.6 is 39.7 Å². The maximum atomic E-state index is 14.0. The lowest BCUT2D eigenvalue weighted by Crippen LogP contribution is -2.31. The van der Waals surface area contributed by atoms with E-state index in [-0.39, 0.29) is 6.54 Å². The summed E-state index contributed by atoms with van der Waals surface area (Å²) in [5.74, 6) is 0.552. The quantitative estimate of drug-likeness (QED) is 0.757. The van der Waals surface area contributed by atoms with Crippen LogP contribution < -0.4 is 10.6 Å². The van der Waals surface area contributed by atoms with Crippen molar-refractivity contribution in [3.8, 4) is 0 Å². The van der Waals surface area contributed by atoms with Crippen LogP contribution in [0.3, 0.4) is 0 Å². The van der Waals surface area contributed by atoms with Gasteiger partial charge in [0.2, 0.25) is 0 Å². The minimum atomic E-state index is -1.14. The minimum Gasteiger partial charge on any atom is -0.359 e. The zero-order valence-electron chi connectivity index (χ0n) is 10.8. The number of rotatable bonds is 4. The first-order valence-electron chi connectivity index (χ1n) is 6.10. The van der Waals surface area contributed by atoms with Gasteiger partial charge in [0.05, 0.1) is 11.6 Å². The molecule has 0 aliphatic heterocycles. The fraction of sp³-hybridized carbons (Fsp3) is 0.143. The van der Waals surface area contributed by atoms with Crippen LogP contribution in [0.5, 0.6) is 0 Å². The molecule has 0 amide bonds. The Morgan fingerprint density at radius 2 is 2.00 bits per heavy atom. The number of hydrogen-bond acceptors (Lipinski definition) is 2. The van der Waals surface area contributed by atoms with Crippen molar-refractivity contribution >= 4 is 50.7 Å². The van der Waals surface area contributed by atoms with Crippen molar-refractivity contribution in [2.24, 2.45) is 0 Å². The number of alkyl halides is 1. The summed E-state index contributed by atoms with van der Waals surface area (Å²) in [4.78, 5) is 4.04. The summed E-state index contributed by atoms with van der Waals surface area (Å²) in [6.45, 7) is 0.0844. The fourth-order valence-electron chi connectivity index (χ4n) is 1.58. The van der Waals surface area contributed by atoms with E-state index in [9.17, 15) is 4.39 Å². The first-order chi connectivity index (χ1) is 10.0. The molecule has 2 aromatic rings. The summed E-state index contributed by atoms with van der Waals surface area (Å²) in [5.41, 5.74) is 0.595. The van der Waals surface area contributed by atoms with Gasteiger partial charge in [0.1, 0.15) is 12.0 Å². The van der Waals surface area contributed by atoms with Crippen molar-refractivity contribution in [1.82, 2.24) is 10.3 Å². The average Bonchev–Trinajstić information content (AvgIpc) is 2.48. The number of benzene rings is 1. The highest BCUT2D eigenvalue weighted by Gasteiger charge is 2.10. The Morgan fingerprint density at radius 3 is 2.62 bits per heavy atom. The van der Waals surface area contributed by atoms with Crippen LogP contribution in [0.25, 0.3) is 0 Å². The van der Waals surface area contributed by atoms with E-state index in [0.717, 1.165) is 4.47 Å². The molecule has 0 saturated heterocycles. The smallest absolute Gasteiger partial charge is 0.172 e. The van der Waals surface area contributed by atoms with Gasteiger partial charge < -0.3 is 10.6 Å². The number of anilines is 1. The topological polar surface area (TPSA) is 37.0 Å². The van der Waals surface area contributed by atoms with Crippen molar-refractivity contribution in [3.05, 3.63) is 57.7 Å². The number of thiocarbonyl (C=S) groups is 1. The summed E-state index contributed by atoms with van der Waals surface area (Å²) in [7, 11) is 0. The van der Waals surface area contributed by atoms with Gasteiger partial charge in [-0.1, -0.05) is 39.7 Å². The van der Waals surface area contributed by atoms with E-state index in [1.54, 1.807) is 36.4 Å². The molecule has 0 saturated carbocycles. The van der Waals surface area contributed by atoms with Crippen molar-refractivity contribution < 1.29 is 4.39 Å². The SMILES string of the molecule is FC(CNC(=S)Nc1ccc(Cl)cn1)c1ccc(Br)cc1. The van der Waals surface area contributed by atoms with Crippen molar-refractivity contribution in [2.75, 3.05) is 11.9 Å². The lowest BCUT2D eigenvalue weighted by molar-refractivity contribution is 0.343. The molecular weight excluding hydrogens is 377 g/mol. The predicted octanol–water partition coefficient (Wildman–Crippen LogP) is 4.49. The molecule has 0 aliphatic carbocycles. The van der Waals surface area contributed by atoms with Crippen molar-refractivity contribution in [2.45, 2.75) is 6.17 Å². The Bertz CT molecular complexity index is 607. The summed E-state index contributed by atoms with van der Waals surface area (Å²) in [6, 6.07) is 10.4. The zero-order chi connectivity index (χ0) is 15.2. The Balaban J connectivity index is 1.83. The molecule has 1 atom stereocenters. The third-order valence-corrected chi connectivity index (χ3v) is 3.64. The maximum absolute atomic E-state index is 14.0. The molecule has 110 valence electrons. The molecule has 3 nitrogen and oxygen atoms in total. The van der Waals surface area contributed by atoms with Gasteiger partial charge in [-0.3, -0.25) is 0 Å². The monoisotopic (exact) mass is 387 g/mol. The van der Waals surface area contributed by atoms with Crippen LogP contribution in [0.15, 0.2) is 47.1 Å². The summed E-state index contributed by atoms with van der Waals surface area (Å²) in [5, 5.41) is 6.53. The molecule has 1 aromatic heterocycles. The molecule has 0 fully saturated rings. The van der Waals surface area contributed by atoms with Crippen LogP contribution in [0.4, 0.5) is 10.2 Å². The van der Waals surface area contributed by atoms with Gasteiger partial charge in [-0.2, -0.15) is 0 Å². The number of nitrogens with zero attached hydrogens (tertiary/aromatic N) is 1. The molecule has 21 heavy (non-hydrogen) atoms. The average molecular weight is 389 g/mol. The Labute approximate surface area is 141 Å². The van der Waals surface area contributed by atoms with Crippen LogP contribution in [0.1, 0.15) is 11.7 Å². The number of aromatic nitrogens is 1. The Morgan fingerprint density at radius 1 is 1.29 bits per heavy atom. The summed E-state index contributed by atoms with van der Waals surface area (Å²) in [6.07, 6.45) is 0.364. The first kappa shape index (κ1) is 16.1. The van der Waals surface area contributed by atoms with Gasteiger partial charge in [-0.25, -0.2) is 9.37 Å². The molecule has 2 N–H and O–H groups in total. The lowest BCUT2D eigenvalue weighted by Gasteiger charge is -2.13. The predicted molar refractivity (Wildman–Crippen MR) is 91.5 cm³/mol. The minimum absolute atomic E-state index is 0.0844. The van der Waals surface area contributed by atoms with E-state index in [0.29, 0.717) is 21.5 Å². The Kier molecular flexibility index (Phi) is 5.90. The summed E-state index contributed by atoms with van der Waals surface area (Å²) >= 11 is 14.1. The van der Waals surface area contributed by atoms with Crippen molar-refractivity contribution in [3.63, 3.8) is 0 Å². The van der Waals surface area contributed by atoms with Gasteiger partial charge in [-0.05, 0) is 42.0 Å². The number of hydrogen-bond donors (Lipinski definition) is 2. The molecular formula is C14H12BrClFN3S.